The van der Waals surface area contributed by atoms with Crippen LogP contribution in [-0.2, 0) is 4.79 Å². The number of likely N-dealkylation sites (tertiary alicyclic amines) is 1. The Kier molecular flexibility index (Phi) is 7.16. The topological polar surface area (TPSA) is 70.4 Å². The fourth-order valence-corrected chi connectivity index (χ4v) is 2.50. The van der Waals surface area contributed by atoms with Crippen LogP contribution in [0.15, 0.2) is 0 Å². The van der Waals surface area contributed by atoms with Gasteiger partial charge in [0.1, 0.15) is 0 Å². The lowest BCUT2D eigenvalue weighted by atomic mass is 9.98. The minimum atomic E-state index is -0.0586. The van der Waals surface area contributed by atoms with Gasteiger partial charge < -0.3 is 10.2 Å². The maximum Gasteiger partial charge on any atom is 0.233 e. The first-order valence-electron chi connectivity index (χ1n) is 6.62. The van der Waals surface area contributed by atoms with Crippen molar-refractivity contribution in [3.05, 3.63) is 0 Å². The van der Waals surface area contributed by atoms with Crippen LogP contribution in [0.3, 0.4) is 0 Å². The summed E-state index contributed by atoms with van der Waals surface area (Å²) in [5.41, 5.74) is 2.17. The second kappa shape index (κ2) is 8.44. The zero-order valence-electron chi connectivity index (χ0n) is 10.9. The first-order chi connectivity index (χ1) is 8.26. The molecule has 0 spiro atoms. The second-order valence-electron chi connectivity index (χ2n) is 4.89. The molecule has 0 saturated carbocycles. The minimum absolute atomic E-state index is 0.0586. The fraction of sp³-hybridized carbons (Fsp3) is 0.917. The van der Waals surface area contributed by atoms with Gasteiger partial charge in [0.05, 0.1) is 0 Å². The monoisotopic (exact) mass is 242 g/mol. The number of amides is 1. The number of hydrogen-bond donors (Lipinski definition) is 3. The van der Waals surface area contributed by atoms with Crippen molar-refractivity contribution < 1.29 is 4.79 Å². The van der Waals surface area contributed by atoms with Gasteiger partial charge in [-0.1, -0.05) is 0 Å². The molecule has 0 aromatic heterocycles. The minimum Gasteiger partial charge on any atom is -0.319 e. The number of piperidine rings is 1. The van der Waals surface area contributed by atoms with Crippen molar-refractivity contribution in [2.24, 2.45) is 11.8 Å². The molecular weight excluding hydrogens is 216 g/mol. The number of nitrogens with zero attached hydrogens (tertiary/aromatic N) is 1. The molecule has 0 aliphatic carbocycles. The molecular formula is C12H26N4O. The van der Waals surface area contributed by atoms with E-state index in [-0.39, 0.29) is 5.91 Å². The molecule has 1 amide bonds. The summed E-state index contributed by atoms with van der Waals surface area (Å²) in [7, 11) is 2.02. The van der Waals surface area contributed by atoms with Crippen molar-refractivity contribution in [3.63, 3.8) is 0 Å². The standard InChI is InChI=1S/C12H26N4O/c1-14-9-11-5-4-8-16(10-11)7-3-2-6-12(17)15-13/h11,14H,2-10,13H2,1H3,(H,15,17). The molecule has 100 valence electrons. The van der Waals surface area contributed by atoms with Crippen molar-refractivity contribution >= 4 is 5.91 Å². The van der Waals surface area contributed by atoms with Gasteiger partial charge in [-0.15, -0.1) is 0 Å². The zero-order chi connectivity index (χ0) is 12.5. The first-order valence-corrected chi connectivity index (χ1v) is 6.62. The van der Waals surface area contributed by atoms with E-state index in [0.29, 0.717) is 6.42 Å². The average molecular weight is 242 g/mol. The summed E-state index contributed by atoms with van der Waals surface area (Å²) < 4.78 is 0. The van der Waals surface area contributed by atoms with Gasteiger partial charge in [0.25, 0.3) is 0 Å². The Labute approximate surface area is 104 Å². The molecule has 1 rings (SSSR count). The van der Waals surface area contributed by atoms with Crippen molar-refractivity contribution in [2.75, 3.05) is 33.2 Å². The van der Waals surface area contributed by atoms with E-state index in [9.17, 15) is 4.79 Å². The van der Waals surface area contributed by atoms with Crippen LogP contribution in [0.1, 0.15) is 32.1 Å². The number of carbonyl (C=O) groups is 1. The Hall–Kier alpha value is -0.650. The molecule has 1 aliphatic rings. The highest BCUT2D eigenvalue weighted by molar-refractivity contribution is 5.75. The van der Waals surface area contributed by atoms with Crippen LogP contribution in [-0.4, -0.2) is 44.0 Å². The largest absolute Gasteiger partial charge is 0.319 e. The first kappa shape index (κ1) is 14.4. The lowest BCUT2D eigenvalue weighted by Crippen LogP contribution is -2.39. The van der Waals surface area contributed by atoms with E-state index in [1.165, 1.54) is 25.9 Å². The highest BCUT2D eigenvalue weighted by Gasteiger charge is 2.18. The van der Waals surface area contributed by atoms with E-state index in [2.05, 4.69) is 15.6 Å². The molecule has 5 heteroatoms. The summed E-state index contributed by atoms with van der Waals surface area (Å²) in [5, 5.41) is 3.25. The van der Waals surface area contributed by atoms with Crippen LogP contribution in [0, 0.1) is 5.92 Å². The smallest absolute Gasteiger partial charge is 0.233 e. The SMILES string of the molecule is CNCC1CCCN(CCCCC(=O)NN)C1. The summed E-state index contributed by atoms with van der Waals surface area (Å²) in [6.07, 6.45) is 5.20. The number of hydrogen-bond acceptors (Lipinski definition) is 4. The van der Waals surface area contributed by atoms with Gasteiger partial charge in [0, 0.05) is 13.0 Å². The quantitative estimate of drug-likeness (QED) is 0.256. The predicted molar refractivity (Wildman–Crippen MR) is 69.3 cm³/mol. The predicted octanol–water partition coefficient (Wildman–Crippen LogP) is 0.0780. The van der Waals surface area contributed by atoms with Crippen LogP contribution >= 0.6 is 0 Å². The molecule has 5 nitrogen and oxygen atoms in total. The van der Waals surface area contributed by atoms with Crippen LogP contribution in [0.25, 0.3) is 0 Å². The van der Waals surface area contributed by atoms with Crippen LogP contribution in [0.2, 0.25) is 0 Å². The maximum absolute atomic E-state index is 10.9. The van der Waals surface area contributed by atoms with Gasteiger partial charge in [-0.05, 0) is 58.3 Å². The van der Waals surface area contributed by atoms with Gasteiger partial charge in [-0.3, -0.25) is 10.2 Å². The van der Waals surface area contributed by atoms with Gasteiger partial charge in [0.2, 0.25) is 5.91 Å². The van der Waals surface area contributed by atoms with E-state index in [1.807, 2.05) is 7.05 Å². The van der Waals surface area contributed by atoms with Crippen molar-refractivity contribution in [2.45, 2.75) is 32.1 Å². The highest BCUT2D eigenvalue weighted by atomic mass is 16.2. The Balaban J connectivity index is 2.08. The number of rotatable bonds is 7. The highest BCUT2D eigenvalue weighted by Crippen LogP contribution is 2.16. The Morgan fingerprint density at radius 1 is 1.47 bits per heavy atom. The van der Waals surface area contributed by atoms with Gasteiger partial charge >= 0.3 is 0 Å². The molecule has 17 heavy (non-hydrogen) atoms. The fourth-order valence-electron chi connectivity index (χ4n) is 2.50. The number of nitrogens with two attached hydrogens (primary N) is 1. The molecule has 0 radical (unpaired) electrons. The number of carbonyl (C=O) groups excluding carboxylic acids is 1. The van der Waals surface area contributed by atoms with Crippen molar-refractivity contribution in [1.82, 2.24) is 15.6 Å². The third-order valence-corrected chi connectivity index (χ3v) is 3.39. The molecule has 1 fully saturated rings. The third-order valence-electron chi connectivity index (χ3n) is 3.39. The van der Waals surface area contributed by atoms with Crippen molar-refractivity contribution in [1.29, 1.82) is 0 Å². The molecule has 4 N–H and O–H groups in total. The number of nitrogens with one attached hydrogen (secondary N) is 2. The Morgan fingerprint density at radius 2 is 2.29 bits per heavy atom. The van der Waals surface area contributed by atoms with E-state index in [4.69, 9.17) is 5.84 Å². The van der Waals surface area contributed by atoms with Gasteiger partial charge in [-0.2, -0.15) is 0 Å². The Bertz CT molecular complexity index is 221. The van der Waals surface area contributed by atoms with E-state index < -0.39 is 0 Å². The molecule has 1 unspecified atom stereocenters. The van der Waals surface area contributed by atoms with Gasteiger partial charge in [0.15, 0.2) is 0 Å². The molecule has 0 aromatic carbocycles. The zero-order valence-corrected chi connectivity index (χ0v) is 10.9. The van der Waals surface area contributed by atoms with Crippen molar-refractivity contribution in [3.8, 4) is 0 Å². The second-order valence-corrected chi connectivity index (χ2v) is 4.89. The number of hydrazine groups is 1. The lowest BCUT2D eigenvalue weighted by Gasteiger charge is -2.32. The molecule has 0 bridgehead atoms. The molecule has 1 saturated heterocycles. The summed E-state index contributed by atoms with van der Waals surface area (Å²) >= 11 is 0. The summed E-state index contributed by atoms with van der Waals surface area (Å²) in [5.74, 6) is 5.77. The number of unbranched alkanes of at least 4 members (excludes halogenated alkanes) is 1. The lowest BCUT2D eigenvalue weighted by molar-refractivity contribution is -0.121. The Morgan fingerprint density at radius 3 is 3.00 bits per heavy atom. The summed E-state index contributed by atoms with van der Waals surface area (Å²) in [6, 6.07) is 0. The molecule has 1 atom stereocenters. The molecule has 1 heterocycles. The van der Waals surface area contributed by atoms with Crippen LogP contribution in [0.4, 0.5) is 0 Å². The third kappa shape index (κ3) is 6.00. The van der Waals surface area contributed by atoms with E-state index in [0.717, 1.165) is 31.8 Å². The van der Waals surface area contributed by atoms with E-state index >= 15 is 0 Å². The van der Waals surface area contributed by atoms with Crippen LogP contribution in [0.5, 0.6) is 0 Å². The molecule has 1 aliphatic heterocycles. The maximum atomic E-state index is 10.9. The van der Waals surface area contributed by atoms with E-state index in [1.54, 1.807) is 0 Å². The van der Waals surface area contributed by atoms with Crippen LogP contribution < -0.4 is 16.6 Å². The summed E-state index contributed by atoms with van der Waals surface area (Å²) in [6.45, 7) is 4.64. The van der Waals surface area contributed by atoms with Gasteiger partial charge in [-0.25, -0.2) is 5.84 Å². The molecule has 0 aromatic rings. The summed E-state index contributed by atoms with van der Waals surface area (Å²) in [4.78, 5) is 13.5. The normalized spacial score (nSPS) is 21.4. The average Bonchev–Trinajstić information content (AvgIpc) is 2.35.